The van der Waals surface area contributed by atoms with Crippen molar-refractivity contribution >= 4 is 44.6 Å². The molecule has 59 heavy (non-hydrogen) atoms. The fourth-order valence-corrected chi connectivity index (χ4v) is 9.66. The summed E-state index contributed by atoms with van der Waals surface area (Å²) >= 11 is 0. The van der Waals surface area contributed by atoms with Crippen LogP contribution < -0.4 is 24.8 Å². The topological polar surface area (TPSA) is 182 Å². The first kappa shape index (κ1) is 43.9. The number of alkyl halides is 4. The number of allylic oxidation sites excluding steroid dienone is 1. The van der Waals surface area contributed by atoms with E-state index in [0.717, 1.165) is 13.8 Å². The fourth-order valence-electron chi connectivity index (χ4n) is 8.23. The van der Waals surface area contributed by atoms with Gasteiger partial charge in [0.25, 0.3) is 5.91 Å². The molecule has 2 aliphatic carbocycles. The molecule has 6 rings (SSSR count). The first-order chi connectivity index (χ1) is 27.6. The van der Waals surface area contributed by atoms with Crippen LogP contribution in [0, 0.1) is 17.8 Å². The van der Waals surface area contributed by atoms with Crippen molar-refractivity contribution in [2.45, 2.75) is 119 Å². The van der Waals surface area contributed by atoms with Gasteiger partial charge in [-0.15, -0.1) is 0 Å². The minimum atomic E-state index is -4.65. The highest BCUT2D eigenvalue weighted by molar-refractivity contribution is 7.91. The van der Waals surface area contributed by atoms with E-state index in [1.54, 1.807) is 37.3 Å². The third kappa shape index (κ3) is 9.54. The van der Waals surface area contributed by atoms with Gasteiger partial charge in [-0.2, -0.15) is 13.2 Å². The Morgan fingerprint density at radius 3 is 2.42 bits per heavy atom. The summed E-state index contributed by atoms with van der Waals surface area (Å²) in [5.74, 6) is -3.24. The number of hydrogen-bond acceptors (Lipinski definition) is 10. The average Bonchev–Trinajstić information content (AvgIpc) is 4.05. The summed E-state index contributed by atoms with van der Waals surface area (Å²) < 4.78 is 97.5. The van der Waals surface area contributed by atoms with Crippen LogP contribution in [0.1, 0.15) is 79.1 Å². The molecule has 2 aliphatic heterocycles. The van der Waals surface area contributed by atoms with E-state index in [4.69, 9.17) is 14.2 Å². The molecule has 7 atom stereocenters. The molecule has 1 aromatic carbocycles. The van der Waals surface area contributed by atoms with Crippen LogP contribution in [0.5, 0.6) is 11.6 Å². The molecular formula is C40H51F4N5O9S. The second-order valence-corrected chi connectivity index (χ2v) is 19.1. The maximum atomic E-state index is 14.8. The highest BCUT2D eigenvalue weighted by Gasteiger charge is 2.64. The van der Waals surface area contributed by atoms with Gasteiger partial charge in [0.1, 0.15) is 46.5 Å². The van der Waals surface area contributed by atoms with Crippen LogP contribution in [-0.4, -0.2) is 103 Å². The van der Waals surface area contributed by atoms with Crippen LogP contribution in [0.2, 0.25) is 0 Å². The Labute approximate surface area is 340 Å². The lowest BCUT2D eigenvalue weighted by Crippen LogP contribution is -2.59. The number of hydrogen-bond donors (Lipinski definition) is 3. The van der Waals surface area contributed by atoms with Gasteiger partial charge in [0.15, 0.2) is 0 Å². The Kier molecular flexibility index (Phi) is 12.2. The number of halogens is 4. The maximum Gasteiger partial charge on any atom is 0.408 e. The van der Waals surface area contributed by atoms with E-state index in [2.05, 4.69) is 15.6 Å². The molecule has 1 saturated heterocycles. The summed E-state index contributed by atoms with van der Waals surface area (Å²) in [6, 6.07) is 4.40. The monoisotopic (exact) mass is 853 g/mol. The summed E-state index contributed by atoms with van der Waals surface area (Å²) in [5, 5.41) is 6.49. The van der Waals surface area contributed by atoms with Crippen LogP contribution >= 0.6 is 0 Å². The summed E-state index contributed by atoms with van der Waals surface area (Å²) in [6.45, 7) is 4.44. The quantitative estimate of drug-likeness (QED) is 0.211. The fraction of sp³-hybridized carbons (Fsp3) is 0.625. The van der Waals surface area contributed by atoms with E-state index in [-0.39, 0.29) is 44.0 Å². The Morgan fingerprint density at radius 2 is 1.78 bits per heavy atom. The van der Waals surface area contributed by atoms with Crippen molar-refractivity contribution in [2.75, 3.05) is 20.3 Å². The summed E-state index contributed by atoms with van der Waals surface area (Å²) in [5.41, 5.74) is -3.73. The number of sulfonamides is 1. The minimum absolute atomic E-state index is 0.0257. The smallest absolute Gasteiger partial charge is 0.408 e. The highest BCUT2D eigenvalue weighted by Crippen LogP contribution is 2.48. The molecule has 1 aromatic heterocycles. The number of amides is 4. The van der Waals surface area contributed by atoms with Gasteiger partial charge in [-0.1, -0.05) is 44.2 Å². The number of benzene rings is 1. The predicted octanol–water partition coefficient (Wildman–Crippen LogP) is 5.25. The molecule has 2 saturated carbocycles. The normalized spacial score (nSPS) is 29.1. The lowest BCUT2D eigenvalue weighted by atomic mass is 9.88. The SMILES string of the molecule is COc1cnc(O[C@@H]2C[C@H]3C(=O)N[C@]4(C(=O)NS(=O)(=O)C5(CF)CC5)CC4/C=C\CC[C@H](C)C[C@@H](C)[C@H](NC(=O)OC(C)(C)CC(F)(F)F)C(=O)N3C2)c2ccccc12. The molecule has 19 heteroatoms. The molecule has 2 aromatic rings. The van der Waals surface area contributed by atoms with E-state index in [0.29, 0.717) is 35.8 Å². The molecule has 3 heterocycles. The Morgan fingerprint density at radius 1 is 1.08 bits per heavy atom. The van der Waals surface area contributed by atoms with E-state index in [1.165, 1.54) is 18.2 Å². The van der Waals surface area contributed by atoms with Gasteiger partial charge < -0.3 is 29.7 Å². The third-order valence-electron chi connectivity index (χ3n) is 11.8. The van der Waals surface area contributed by atoms with Crippen molar-refractivity contribution in [3.8, 4) is 11.6 Å². The number of ether oxygens (including phenoxy) is 3. The second kappa shape index (κ2) is 16.4. The largest absolute Gasteiger partial charge is 0.494 e. The third-order valence-corrected chi connectivity index (χ3v) is 13.9. The number of nitrogens with zero attached hydrogens (tertiary/aromatic N) is 2. The number of carbonyl (C=O) groups is 4. The van der Waals surface area contributed by atoms with E-state index < -0.39 is 99.0 Å². The Hall–Kier alpha value is -4.68. The lowest BCUT2D eigenvalue weighted by molar-refractivity contribution is -0.169. The number of fused-ring (bicyclic) bond motifs is 3. The molecule has 4 amide bonds. The van der Waals surface area contributed by atoms with Crippen LogP contribution in [0.15, 0.2) is 42.6 Å². The standard InChI is InChI=1S/C40H51F4N5O9S/c1-23-10-6-7-11-25-18-39(25,35(52)48-59(54,55)38(22-41)14-15-38)47-32(50)29-17-26(57-33-28-13-9-8-12-27(28)30(56-5)19-45-33)20-49(29)34(51)31(24(2)16-23)46-36(53)58-37(3,4)21-40(42,43)44/h7-9,11-13,19,23-26,29,31H,6,10,14-18,20-22H2,1-5H3,(H,46,53)(H,47,50)(H,48,52)/b11-7-/t23-,24+,25?,26+,29-,31-,39+/m0/s1. The molecule has 0 spiro atoms. The number of nitrogens with one attached hydrogen (secondary N) is 3. The highest BCUT2D eigenvalue weighted by atomic mass is 32.2. The minimum Gasteiger partial charge on any atom is -0.494 e. The van der Waals surface area contributed by atoms with Gasteiger partial charge in [-0.3, -0.25) is 19.1 Å². The van der Waals surface area contributed by atoms with Gasteiger partial charge in [-0.05, 0) is 70.3 Å². The first-order valence-electron chi connectivity index (χ1n) is 19.7. The molecule has 3 N–H and O–H groups in total. The summed E-state index contributed by atoms with van der Waals surface area (Å²) in [6.07, 6.45) is -1.77. The molecule has 3 fully saturated rings. The van der Waals surface area contributed by atoms with E-state index in [9.17, 15) is 45.2 Å². The molecule has 14 nitrogen and oxygen atoms in total. The van der Waals surface area contributed by atoms with Crippen molar-refractivity contribution in [2.24, 2.45) is 17.8 Å². The number of pyridine rings is 1. The first-order valence-corrected chi connectivity index (χ1v) is 21.2. The lowest BCUT2D eigenvalue weighted by Gasteiger charge is -2.34. The molecule has 1 unspecified atom stereocenters. The van der Waals surface area contributed by atoms with Crippen LogP contribution in [0.25, 0.3) is 10.8 Å². The van der Waals surface area contributed by atoms with Gasteiger partial charge in [0.05, 0.1) is 26.3 Å². The predicted molar refractivity (Wildman–Crippen MR) is 206 cm³/mol. The van der Waals surface area contributed by atoms with Crippen molar-refractivity contribution < 1.29 is 59.4 Å². The second-order valence-electron chi connectivity index (χ2n) is 17.1. The molecule has 0 bridgehead atoms. The van der Waals surface area contributed by atoms with Crippen LogP contribution in [0.4, 0.5) is 22.4 Å². The maximum absolute atomic E-state index is 14.8. The van der Waals surface area contributed by atoms with Gasteiger partial charge >= 0.3 is 12.3 Å². The zero-order valence-corrected chi connectivity index (χ0v) is 34.4. The van der Waals surface area contributed by atoms with Crippen LogP contribution in [-0.2, 0) is 29.1 Å². The Balaban J connectivity index is 1.35. The molecule has 0 radical (unpaired) electrons. The number of methoxy groups -OCH3 is 1. The molecule has 324 valence electrons. The molecular weight excluding hydrogens is 803 g/mol. The van der Waals surface area contributed by atoms with Gasteiger partial charge in [0.2, 0.25) is 27.7 Å². The summed E-state index contributed by atoms with van der Waals surface area (Å²) in [4.78, 5) is 62.1. The molecule has 4 aliphatic rings. The Bertz CT molecular complexity index is 2100. The van der Waals surface area contributed by atoms with E-state index in [1.807, 2.05) is 17.7 Å². The van der Waals surface area contributed by atoms with Crippen molar-refractivity contribution in [3.05, 3.63) is 42.6 Å². The zero-order valence-electron chi connectivity index (χ0n) is 33.6. The number of carbonyl (C=O) groups excluding carboxylic acids is 4. The zero-order chi connectivity index (χ0) is 43.1. The van der Waals surface area contributed by atoms with Gasteiger partial charge in [-0.25, -0.2) is 22.6 Å². The number of aromatic nitrogens is 1. The van der Waals surface area contributed by atoms with Crippen LogP contribution in [0.3, 0.4) is 0 Å². The number of rotatable bonds is 10. The van der Waals surface area contributed by atoms with E-state index >= 15 is 0 Å². The summed E-state index contributed by atoms with van der Waals surface area (Å²) in [7, 11) is -2.97. The average molecular weight is 854 g/mol. The van der Waals surface area contributed by atoms with Crippen molar-refractivity contribution in [1.82, 2.24) is 25.2 Å². The van der Waals surface area contributed by atoms with Gasteiger partial charge in [0, 0.05) is 23.1 Å². The van der Waals surface area contributed by atoms with Crippen molar-refractivity contribution in [1.29, 1.82) is 0 Å². The number of alkyl carbamates (subject to hydrolysis) is 1. The van der Waals surface area contributed by atoms with Crippen molar-refractivity contribution in [3.63, 3.8) is 0 Å².